The standard InChI is InChI=1S/C22H25F2N7O3/c1-25-18-8-17(28-16-3-2-6-30(21(16)34)13-9-22(23,24)10-13)29-19-15(11-26-31(18)19)20(33)27-12-4-5-14(32)7-12/h2-3,6,8,11-14,25,32H,4-5,7,9-10H2,1H3,(H,27,33)(H,28,29)/t12-,14-/m1/s1. The van der Waals surface area contributed by atoms with E-state index in [1.807, 2.05) is 0 Å². The summed E-state index contributed by atoms with van der Waals surface area (Å²) in [5, 5.41) is 22.8. The molecule has 0 aromatic carbocycles. The Morgan fingerprint density at radius 1 is 1.29 bits per heavy atom. The molecule has 12 heteroatoms. The Kier molecular flexibility index (Phi) is 5.47. The predicted octanol–water partition coefficient (Wildman–Crippen LogP) is 2.29. The van der Waals surface area contributed by atoms with E-state index in [1.165, 1.54) is 21.5 Å². The number of carbonyl (C=O) groups is 1. The molecule has 10 nitrogen and oxygen atoms in total. The molecule has 0 spiro atoms. The Hall–Kier alpha value is -3.54. The molecular formula is C22H25F2N7O3. The van der Waals surface area contributed by atoms with Gasteiger partial charge in [-0.1, -0.05) is 0 Å². The minimum absolute atomic E-state index is 0.121. The third-order valence-electron chi connectivity index (χ3n) is 6.41. The Morgan fingerprint density at radius 2 is 2.09 bits per heavy atom. The molecule has 5 rings (SSSR count). The number of carbonyl (C=O) groups excluding carboxylic acids is 1. The minimum Gasteiger partial charge on any atom is -0.393 e. The largest absolute Gasteiger partial charge is 0.393 e. The van der Waals surface area contributed by atoms with Crippen molar-refractivity contribution in [2.24, 2.45) is 0 Å². The van der Waals surface area contributed by atoms with Crippen LogP contribution in [0.2, 0.25) is 0 Å². The molecular weight excluding hydrogens is 448 g/mol. The van der Waals surface area contributed by atoms with Crippen LogP contribution in [0.25, 0.3) is 5.65 Å². The fraction of sp³-hybridized carbons (Fsp3) is 0.455. The van der Waals surface area contributed by atoms with Gasteiger partial charge in [-0.05, 0) is 31.4 Å². The van der Waals surface area contributed by atoms with Gasteiger partial charge in [-0.15, -0.1) is 0 Å². The van der Waals surface area contributed by atoms with Crippen molar-refractivity contribution in [1.82, 2.24) is 24.5 Å². The fourth-order valence-electron chi connectivity index (χ4n) is 4.57. The maximum absolute atomic E-state index is 13.3. The van der Waals surface area contributed by atoms with Crippen LogP contribution in [-0.2, 0) is 0 Å². The first kappa shape index (κ1) is 22.3. The molecule has 2 saturated carbocycles. The highest BCUT2D eigenvalue weighted by Gasteiger charge is 2.46. The van der Waals surface area contributed by atoms with Gasteiger partial charge in [-0.2, -0.15) is 9.61 Å². The number of aliphatic hydroxyl groups excluding tert-OH is 1. The van der Waals surface area contributed by atoms with Crippen molar-refractivity contribution < 1.29 is 18.7 Å². The lowest BCUT2D eigenvalue weighted by atomic mass is 9.88. The number of hydrogen-bond donors (Lipinski definition) is 4. The molecule has 2 atom stereocenters. The molecule has 3 aromatic heterocycles. The molecule has 3 aromatic rings. The number of fused-ring (bicyclic) bond motifs is 1. The number of rotatable bonds is 6. The molecule has 2 aliphatic carbocycles. The molecule has 0 radical (unpaired) electrons. The number of nitrogens with one attached hydrogen (secondary N) is 3. The van der Waals surface area contributed by atoms with Crippen molar-refractivity contribution in [2.45, 2.75) is 56.2 Å². The van der Waals surface area contributed by atoms with Gasteiger partial charge >= 0.3 is 0 Å². The van der Waals surface area contributed by atoms with E-state index in [9.17, 15) is 23.5 Å². The summed E-state index contributed by atoms with van der Waals surface area (Å²) in [4.78, 5) is 30.3. The molecule has 34 heavy (non-hydrogen) atoms. The van der Waals surface area contributed by atoms with Crippen molar-refractivity contribution in [1.29, 1.82) is 0 Å². The van der Waals surface area contributed by atoms with E-state index in [2.05, 4.69) is 26.0 Å². The van der Waals surface area contributed by atoms with Gasteiger partial charge in [-0.3, -0.25) is 9.59 Å². The van der Waals surface area contributed by atoms with E-state index in [4.69, 9.17) is 0 Å². The lowest BCUT2D eigenvalue weighted by Crippen LogP contribution is -2.41. The van der Waals surface area contributed by atoms with Gasteiger partial charge in [0.25, 0.3) is 17.4 Å². The second-order valence-corrected chi connectivity index (χ2v) is 8.88. The molecule has 0 saturated heterocycles. The first-order valence-corrected chi connectivity index (χ1v) is 11.2. The van der Waals surface area contributed by atoms with E-state index in [0.717, 1.165) is 0 Å². The third-order valence-corrected chi connectivity index (χ3v) is 6.41. The molecule has 4 N–H and O–H groups in total. The van der Waals surface area contributed by atoms with Crippen LogP contribution < -0.4 is 21.5 Å². The summed E-state index contributed by atoms with van der Waals surface area (Å²) in [6, 6.07) is 4.13. The Labute approximate surface area is 193 Å². The first-order valence-electron chi connectivity index (χ1n) is 11.2. The molecule has 0 bridgehead atoms. The fourth-order valence-corrected chi connectivity index (χ4v) is 4.57. The number of nitrogens with zero attached hydrogens (tertiary/aromatic N) is 4. The van der Waals surface area contributed by atoms with Gasteiger partial charge in [0.15, 0.2) is 5.65 Å². The van der Waals surface area contributed by atoms with Crippen LogP contribution in [0.4, 0.5) is 26.1 Å². The van der Waals surface area contributed by atoms with Crippen LogP contribution in [0.5, 0.6) is 0 Å². The SMILES string of the molecule is CNc1cc(Nc2cccn(C3CC(F)(F)C3)c2=O)nc2c(C(=O)N[C@@H]3CC[C@@H](O)C3)cnn12. The van der Waals surface area contributed by atoms with Crippen molar-refractivity contribution in [2.75, 3.05) is 17.7 Å². The molecule has 1 amide bonds. The highest BCUT2D eigenvalue weighted by molar-refractivity contribution is 6.00. The highest BCUT2D eigenvalue weighted by Crippen LogP contribution is 2.44. The van der Waals surface area contributed by atoms with Crippen LogP contribution in [0.15, 0.2) is 35.4 Å². The molecule has 2 aliphatic rings. The van der Waals surface area contributed by atoms with Gasteiger partial charge < -0.3 is 25.6 Å². The van der Waals surface area contributed by atoms with E-state index >= 15 is 0 Å². The monoisotopic (exact) mass is 473 g/mol. The summed E-state index contributed by atoms with van der Waals surface area (Å²) < 4.78 is 29.4. The summed E-state index contributed by atoms with van der Waals surface area (Å²) in [5.74, 6) is -2.28. The molecule has 3 heterocycles. The molecule has 0 aliphatic heterocycles. The number of pyridine rings is 1. The molecule has 180 valence electrons. The summed E-state index contributed by atoms with van der Waals surface area (Å²) in [6.45, 7) is 0. The Bertz CT molecular complexity index is 1300. The maximum Gasteiger partial charge on any atom is 0.274 e. The number of halogens is 2. The average molecular weight is 473 g/mol. The maximum atomic E-state index is 13.3. The zero-order chi connectivity index (χ0) is 24.0. The average Bonchev–Trinajstić information content (AvgIpc) is 3.39. The van der Waals surface area contributed by atoms with Gasteiger partial charge in [0, 0.05) is 44.2 Å². The second-order valence-electron chi connectivity index (χ2n) is 8.88. The van der Waals surface area contributed by atoms with Gasteiger partial charge in [0.2, 0.25) is 0 Å². The van der Waals surface area contributed by atoms with Crippen molar-refractivity contribution in [3.05, 3.63) is 46.5 Å². The third kappa shape index (κ3) is 4.09. The van der Waals surface area contributed by atoms with Crippen molar-refractivity contribution >= 4 is 28.9 Å². The van der Waals surface area contributed by atoms with Gasteiger partial charge in [0.1, 0.15) is 22.9 Å². The molecule has 2 fully saturated rings. The van der Waals surface area contributed by atoms with Gasteiger partial charge in [0.05, 0.1) is 12.3 Å². The Balaban J connectivity index is 1.44. The lowest BCUT2D eigenvalue weighted by Gasteiger charge is -2.36. The van der Waals surface area contributed by atoms with Crippen LogP contribution in [0, 0.1) is 0 Å². The minimum atomic E-state index is -2.74. The summed E-state index contributed by atoms with van der Waals surface area (Å²) in [5.41, 5.74) is 0.285. The quantitative estimate of drug-likeness (QED) is 0.433. The topological polar surface area (TPSA) is 126 Å². The first-order chi connectivity index (χ1) is 16.2. The zero-order valence-corrected chi connectivity index (χ0v) is 18.5. The highest BCUT2D eigenvalue weighted by atomic mass is 19.3. The summed E-state index contributed by atoms with van der Waals surface area (Å²) >= 11 is 0. The predicted molar refractivity (Wildman–Crippen MR) is 121 cm³/mol. The Morgan fingerprint density at radius 3 is 2.76 bits per heavy atom. The van der Waals surface area contributed by atoms with Crippen LogP contribution in [0.1, 0.15) is 48.5 Å². The van der Waals surface area contributed by atoms with E-state index in [0.29, 0.717) is 25.1 Å². The second kappa shape index (κ2) is 8.35. The number of aliphatic hydroxyl groups is 1. The van der Waals surface area contributed by atoms with Crippen LogP contribution >= 0.6 is 0 Å². The van der Waals surface area contributed by atoms with Crippen molar-refractivity contribution in [3.8, 4) is 0 Å². The number of amides is 1. The van der Waals surface area contributed by atoms with Crippen LogP contribution in [0.3, 0.4) is 0 Å². The van der Waals surface area contributed by atoms with E-state index in [1.54, 1.807) is 25.2 Å². The number of anilines is 3. The van der Waals surface area contributed by atoms with Crippen molar-refractivity contribution in [3.63, 3.8) is 0 Å². The van der Waals surface area contributed by atoms with Gasteiger partial charge in [-0.25, -0.2) is 13.8 Å². The normalized spacial score (nSPS) is 21.9. The smallest absolute Gasteiger partial charge is 0.274 e. The summed E-state index contributed by atoms with van der Waals surface area (Å²) in [6.07, 6.45) is 3.61. The van der Waals surface area contributed by atoms with Crippen LogP contribution in [-0.4, -0.2) is 55.3 Å². The number of hydrogen-bond acceptors (Lipinski definition) is 7. The lowest BCUT2D eigenvalue weighted by molar-refractivity contribution is -0.104. The number of alkyl halides is 2. The zero-order valence-electron chi connectivity index (χ0n) is 18.5. The molecule has 0 unspecified atom stereocenters. The summed E-state index contributed by atoms with van der Waals surface area (Å²) in [7, 11) is 1.69. The van der Waals surface area contributed by atoms with E-state index in [-0.39, 0.29) is 47.5 Å². The number of aromatic nitrogens is 4. The van der Waals surface area contributed by atoms with E-state index < -0.39 is 23.6 Å².